The Bertz CT molecular complexity index is 11.6. The number of hydrogen-bond donors (Lipinski definition) is 0. The van der Waals surface area contributed by atoms with Crippen molar-refractivity contribution >= 4 is 51.2 Å². The summed E-state index contributed by atoms with van der Waals surface area (Å²) >= 11 is 0.500. The van der Waals surface area contributed by atoms with Crippen LogP contribution in [0.4, 0.5) is 3.38 Å². The van der Waals surface area contributed by atoms with Gasteiger partial charge in [0, 0.05) is 17.1 Å². The van der Waals surface area contributed by atoms with Gasteiger partial charge in [-0.3, -0.25) is 0 Å². The van der Waals surface area contributed by atoms with Gasteiger partial charge in [-0.2, -0.15) is 9.90 Å². The van der Waals surface area contributed by atoms with E-state index in [4.69, 9.17) is 0 Å². The summed E-state index contributed by atoms with van der Waals surface area (Å²) in [6.07, 6.45) is 0. The maximum absolute atomic E-state index is 9.50. The average molecular weight is 150 g/mol. The van der Waals surface area contributed by atoms with E-state index >= 15 is 0 Å². The van der Waals surface area contributed by atoms with Crippen molar-refractivity contribution in [2.45, 2.75) is 0 Å². The quantitative estimate of drug-likeness (QED) is 0.312. The zero-order chi connectivity index (χ0) is 2.00. The van der Waals surface area contributed by atoms with Crippen molar-refractivity contribution < 1.29 is 20.4 Å². The van der Waals surface area contributed by atoms with Gasteiger partial charge in [0.05, 0.1) is 0 Å². The summed E-state index contributed by atoms with van der Waals surface area (Å²) in [7, 11) is 0. The molecule has 0 saturated heterocycles. The second-order valence-electron chi connectivity index (χ2n) is 0. The molecule has 0 bridgehead atoms. The molecule has 0 rings (SSSR count). The van der Waals surface area contributed by atoms with E-state index in [9.17, 15) is 3.38 Å². The van der Waals surface area contributed by atoms with Crippen LogP contribution in [0.5, 0.6) is 0 Å². The SMILES string of the molecule is P.[Cu].[Li][F].[MgH2]. The molecule has 0 nitrogen and oxygen atoms in total. The van der Waals surface area contributed by atoms with Gasteiger partial charge in [0.1, 0.15) is 0 Å². The molecule has 1 unspecified atom stereocenters. The van der Waals surface area contributed by atoms with Crippen molar-refractivity contribution in [3.05, 3.63) is 0 Å². The third-order valence-electron chi connectivity index (χ3n) is 0. The molecule has 0 aromatic heterocycles. The van der Waals surface area contributed by atoms with Crippen LogP contribution < -0.4 is 0 Å². The first kappa shape index (κ1) is 26.8. The van der Waals surface area contributed by atoms with Gasteiger partial charge in [0.25, 0.3) is 0 Å². The molecule has 5 heteroatoms. The van der Waals surface area contributed by atoms with E-state index in [0.717, 1.165) is 0 Å². The van der Waals surface area contributed by atoms with E-state index in [1.165, 1.54) is 0 Å². The Labute approximate surface area is 71.0 Å². The summed E-state index contributed by atoms with van der Waals surface area (Å²) in [6, 6.07) is 0. The monoisotopic (exact) mass is 149 g/mol. The Kier molecular flexibility index (Phi) is 183. The van der Waals surface area contributed by atoms with Gasteiger partial charge >= 0.3 is 44.6 Å². The standard InChI is InChI=1S/Cu.FH.Li.Mg.H3P.2H/h;1H;;;1H3;;/q;;+1;;;;/p-1. The average Bonchev–Trinajstić information content (AvgIpc) is 1.00. The van der Waals surface area contributed by atoms with Crippen molar-refractivity contribution in [1.29, 1.82) is 0 Å². The van der Waals surface area contributed by atoms with Crippen molar-refractivity contribution in [3.8, 4) is 0 Å². The normalized spacial score (nSPS) is 1.40. The van der Waals surface area contributed by atoms with Crippen molar-refractivity contribution in [2.24, 2.45) is 0 Å². The second-order valence-corrected chi connectivity index (χ2v) is 0. The molecule has 1 radical (unpaired) electrons. The van der Waals surface area contributed by atoms with Crippen LogP contribution in [0.3, 0.4) is 0 Å². The molecule has 0 aliphatic heterocycles. The van der Waals surface area contributed by atoms with Crippen LogP contribution >= 0.6 is 9.90 Å². The third kappa shape index (κ3) is 22.3. The first-order valence-corrected chi connectivity index (χ1v) is 0.378. The van der Waals surface area contributed by atoms with Gasteiger partial charge in [-0.25, -0.2) is 0 Å². The molecule has 0 N–H and O–H groups in total. The molecule has 5 heavy (non-hydrogen) atoms. The molecule has 0 fully saturated rings. The number of hydrogen-bond acceptors (Lipinski definition) is 0. The number of halogens is 1. The maximum atomic E-state index is 9.50. The fraction of sp³-hybridized carbons (Fsp3) is 0. The van der Waals surface area contributed by atoms with Crippen LogP contribution in [0.15, 0.2) is 0 Å². The van der Waals surface area contributed by atoms with Gasteiger partial charge in [-0.05, 0) is 0 Å². The second kappa shape index (κ2) is 34.1. The van der Waals surface area contributed by atoms with E-state index < -0.39 is 0 Å². The van der Waals surface area contributed by atoms with Crippen LogP contribution in [0, 0.1) is 0 Å². The fourth-order valence-electron chi connectivity index (χ4n) is 0. The molecule has 0 aliphatic rings. The van der Waals surface area contributed by atoms with E-state index in [1.807, 2.05) is 0 Å². The first-order chi connectivity index (χ1) is 1.00. The molecular weight excluding hydrogens is 145 g/mol. The summed E-state index contributed by atoms with van der Waals surface area (Å²) in [6.45, 7) is 0. The van der Waals surface area contributed by atoms with E-state index in [2.05, 4.69) is 0 Å². The molecule has 0 amide bonds. The number of rotatable bonds is 0. The Balaban J connectivity index is -0.00000000167. The van der Waals surface area contributed by atoms with Gasteiger partial charge in [-0.1, -0.05) is 0 Å². The van der Waals surface area contributed by atoms with Crippen molar-refractivity contribution in [3.63, 3.8) is 0 Å². The molecule has 1 atom stereocenters. The predicted molar refractivity (Wildman–Crippen MR) is 26.5 cm³/mol. The zero-order valence-corrected chi connectivity index (χ0v) is 4.74. The maximum Gasteiger partial charge on any atom is 0.316 e. The molecule has 0 aromatic rings. The first-order valence-electron chi connectivity index (χ1n) is 0.378. The minimum atomic E-state index is 0. The van der Waals surface area contributed by atoms with Crippen molar-refractivity contribution in [1.82, 2.24) is 0 Å². The molecule has 0 spiro atoms. The molecule has 0 aromatic carbocycles. The van der Waals surface area contributed by atoms with E-state index in [0.29, 0.717) is 18.2 Å². The molecule has 0 aliphatic carbocycles. The predicted octanol–water partition coefficient (Wildman–Crippen LogP) is -0.821. The summed E-state index contributed by atoms with van der Waals surface area (Å²) in [5.74, 6) is 0. The fourth-order valence-corrected chi connectivity index (χ4v) is 0. The van der Waals surface area contributed by atoms with Crippen LogP contribution in [0.1, 0.15) is 0 Å². The van der Waals surface area contributed by atoms with Gasteiger partial charge in [0.2, 0.25) is 0 Å². The van der Waals surface area contributed by atoms with Crippen LogP contribution in [-0.4, -0.2) is 41.3 Å². The van der Waals surface area contributed by atoms with Gasteiger partial charge < -0.3 is 0 Å². The largest absolute Gasteiger partial charge is 0.316 e. The minimum Gasteiger partial charge on any atom is 0.316 e. The molecule has 31 valence electrons. The summed E-state index contributed by atoms with van der Waals surface area (Å²) < 4.78 is 9.50. The minimum absolute atomic E-state index is 0. The van der Waals surface area contributed by atoms with Gasteiger partial charge in [0.15, 0.2) is 0 Å². The topological polar surface area (TPSA) is 0 Å². The smallest absolute Gasteiger partial charge is 0.316 e. The Morgan fingerprint density at radius 2 is 1.20 bits per heavy atom. The van der Waals surface area contributed by atoms with Crippen LogP contribution in [0.25, 0.3) is 0 Å². The van der Waals surface area contributed by atoms with E-state index in [1.54, 1.807) is 0 Å². The summed E-state index contributed by atoms with van der Waals surface area (Å²) in [5.41, 5.74) is 0. The Morgan fingerprint density at radius 3 is 1.20 bits per heavy atom. The Morgan fingerprint density at radius 1 is 1.20 bits per heavy atom. The molecular formula is H5CuFLiMgP. The van der Waals surface area contributed by atoms with Crippen LogP contribution in [-0.2, 0) is 17.1 Å². The van der Waals surface area contributed by atoms with Crippen molar-refractivity contribution in [2.75, 3.05) is 0 Å². The van der Waals surface area contributed by atoms with Crippen LogP contribution in [0.2, 0.25) is 0 Å². The summed E-state index contributed by atoms with van der Waals surface area (Å²) in [4.78, 5) is 0. The summed E-state index contributed by atoms with van der Waals surface area (Å²) in [5, 5.41) is 0. The third-order valence-corrected chi connectivity index (χ3v) is 0. The Hall–Kier alpha value is 2.24. The zero-order valence-electron chi connectivity index (χ0n) is 2.39. The molecule has 0 saturated carbocycles. The van der Waals surface area contributed by atoms with Gasteiger partial charge in [-0.15, -0.1) is 0 Å². The molecule has 0 heterocycles. The van der Waals surface area contributed by atoms with E-state index in [-0.39, 0.29) is 50.0 Å².